The number of benzene rings is 1. The maximum atomic E-state index is 13.4. The van der Waals surface area contributed by atoms with Crippen LogP contribution in [0.2, 0.25) is 0 Å². The van der Waals surface area contributed by atoms with E-state index in [0.29, 0.717) is 0 Å². The van der Waals surface area contributed by atoms with Gasteiger partial charge in [0.25, 0.3) is 0 Å². The van der Waals surface area contributed by atoms with Crippen LogP contribution in [0.5, 0.6) is 0 Å². The molecule has 0 aliphatic rings. The molecule has 8 heteroatoms. The highest BCUT2D eigenvalue weighted by molar-refractivity contribution is 5.22. The summed E-state index contributed by atoms with van der Waals surface area (Å²) in [6.07, 6.45) is -15.9. The SMILES string of the molecule is OC(c1ccccc1)C(F)(C(F)(F)F)C(F)(F)F. The number of rotatable bonds is 2. The minimum atomic E-state index is -6.28. The zero-order valence-corrected chi connectivity index (χ0v) is 8.56. The average molecular weight is 276 g/mol. The van der Waals surface area contributed by atoms with Crippen LogP contribution in [0.4, 0.5) is 30.7 Å². The van der Waals surface area contributed by atoms with Crippen molar-refractivity contribution in [1.29, 1.82) is 0 Å². The molecular formula is C10H7F7O. The molecule has 0 fully saturated rings. The monoisotopic (exact) mass is 276 g/mol. The standard InChI is InChI=1S/C10H7F7O/c11-8(9(12,13)14,10(15,16)17)7(18)6-4-2-1-3-5-6/h1-5,7,18H. The van der Waals surface area contributed by atoms with E-state index in [2.05, 4.69) is 0 Å². The molecule has 1 nitrogen and oxygen atoms in total. The Morgan fingerprint density at radius 2 is 1.17 bits per heavy atom. The summed E-state index contributed by atoms with van der Waals surface area (Å²) in [5.41, 5.74) is -6.52. The van der Waals surface area contributed by atoms with Crippen molar-refractivity contribution in [3.05, 3.63) is 35.9 Å². The molecule has 0 radical (unpaired) electrons. The van der Waals surface area contributed by atoms with Crippen molar-refractivity contribution in [2.24, 2.45) is 0 Å². The molecule has 1 aromatic carbocycles. The Morgan fingerprint density at radius 3 is 1.50 bits per heavy atom. The number of alkyl halides is 7. The van der Waals surface area contributed by atoms with Crippen LogP contribution in [0, 0.1) is 0 Å². The predicted octanol–water partition coefficient (Wildman–Crippen LogP) is 3.55. The molecule has 0 aromatic heterocycles. The molecule has 1 rings (SSSR count). The summed E-state index contributed by atoms with van der Waals surface area (Å²) in [5, 5.41) is 9.10. The molecule has 18 heavy (non-hydrogen) atoms. The summed E-state index contributed by atoms with van der Waals surface area (Å²) in [6.45, 7) is 0. The van der Waals surface area contributed by atoms with Gasteiger partial charge in [0.05, 0.1) is 0 Å². The van der Waals surface area contributed by atoms with Crippen LogP contribution in [0.1, 0.15) is 11.7 Å². The van der Waals surface area contributed by atoms with E-state index in [9.17, 15) is 30.7 Å². The highest BCUT2D eigenvalue weighted by Crippen LogP contribution is 2.52. The van der Waals surface area contributed by atoms with Gasteiger partial charge in [-0.3, -0.25) is 0 Å². The van der Waals surface area contributed by atoms with Crippen molar-refractivity contribution in [3.8, 4) is 0 Å². The molecule has 0 aliphatic carbocycles. The summed E-state index contributed by atoms with van der Waals surface area (Å²) in [7, 11) is 0. The van der Waals surface area contributed by atoms with E-state index in [4.69, 9.17) is 5.11 Å². The third-order valence-electron chi connectivity index (χ3n) is 2.32. The fourth-order valence-corrected chi connectivity index (χ4v) is 1.34. The second-order valence-electron chi connectivity index (χ2n) is 3.52. The molecule has 1 aromatic rings. The molecule has 1 atom stereocenters. The van der Waals surface area contributed by atoms with E-state index in [1.54, 1.807) is 0 Å². The molecule has 0 amide bonds. The lowest BCUT2D eigenvalue weighted by Gasteiger charge is -2.33. The Labute approximate surface area is 96.8 Å². The van der Waals surface area contributed by atoms with Gasteiger partial charge in [-0.2, -0.15) is 26.3 Å². The first kappa shape index (κ1) is 14.7. The summed E-state index contributed by atoms with van der Waals surface area (Å²) < 4.78 is 87.1. The largest absolute Gasteiger partial charge is 0.434 e. The van der Waals surface area contributed by atoms with E-state index in [0.717, 1.165) is 24.3 Å². The number of hydrogen-bond acceptors (Lipinski definition) is 1. The Balaban J connectivity index is 3.30. The first-order valence-electron chi connectivity index (χ1n) is 4.57. The zero-order valence-electron chi connectivity index (χ0n) is 8.56. The van der Waals surface area contributed by atoms with Gasteiger partial charge in [-0.05, 0) is 5.56 Å². The van der Waals surface area contributed by atoms with Gasteiger partial charge in [-0.15, -0.1) is 0 Å². The summed E-state index contributed by atoms with van der Waals surface area (Å²) >= 11 is 0. The molecule has 0 spiro atoms. The average Bonchev–Trinajstić information content (AvgIpc) is 2.25. The number of aliphatic hydroxyl groups excluding tert-OH is 1. The van der Waals surface area contributed by atoms with Crippen LogP contribution in [0.25, 0.3) is 0 Å². The van der Waals surface area contributed by atoms with Crippen LogP contribution in [-0.4, -0.2) is 23.1 Å². The van der Waals surface area contributed by atoms with Gasteiger partial charge in [0.2, 0.25) is 0 Å². The molecule has 0 aliphatic heterocycles. The third kappa shape index (κ3) is 2.29. The van der Waals surface area contributed by atoms with Crippen molar-refractivity contribution in [3.63, 3.8) is 0 Å². The lowest BCUT2D eigenvalue weighted by Crippen LogP contribution is -2.57. The maximum absolute atomic E-state index is 13.4. The first-order valence-corrected chi connectivity index (χ1v) is 4.57. The zero-order chi connectivity index (χ0) is 14.2. The quantitative estimate of drug-likeness (QED) is 0.819. The van der Waals surface area contributed by atoms with Crippen molar-refractivity contribution in [2.75, 3.05) is 0 Å². The van der Waals surface area contributed by atoms with Crippen molar-refractivity contribution in [1.82, 2.24) is 0 Å². The molecule has 0 heterocycles. The third-order valence-corrected chi connectivity index (χ3v) is 2.32. The van der Waals surface area contributed by atoms with Crippen molar-refractivity contribution >= 4 is 0 Å². The number of aliphatic hydroxyl groups is 1. The normalized spacial score (nSPS) is 15.6. The lowest BCUT2D eigenvalue weighted by molar-refractivity contribution is -0.366. The molecule has 102 valence electrons. The second kappa shape index (κ2) is 4.42. The predicted molar refractivity (Wildman–Crippen MR) is 47.4 cm³/mol. The highest BCUT2D eigenvalue weighted by atomic mass is 19.4. The summed E-state index contributed by atoms with van der Waals surface area (Å²) in [4.78, 5) is 0. The molecule has 0 bridgehead atoms. The van der Waals surface area contributed by atoms with Gasteiger partial charge in [-0.25, -0.2) is 4.39 Å². The lowest BCUT2D eigenvalue weighted by atomic mass is 9.91. The van der Waals surface area contributed by atoms with E-state index in [1.165, 1.54) is 6.07 Å². The fraction of sp³-hybridized carbons (Fsp3) is 0.400. The van der Waals surface area contributed by atoms with Crippen LogP contribution in [0.15, 0.2) is 30.3 Å². The Kier molecular flexibility index (Phi) is 3.62. The molecule has 1 N–H and O–H groups in total. The van der Waals surface area contributed by atoms with Gasteiger partial charge in [-0.1, -0.05) is 30.3 Å². The highest BCUT2D eigenvalue weighted by Gasteiger charge is 2.76. The van der Waals surface area contributed by atoms with Crippen LogP contribution >= 0.6 is 0 Å². The molecular weight excluding hydrogens is 269 g/mol. The molecule has 0 saturated heterocycles. The van der Waals surface area contributed by atoms with Crippen molar-refractivity contribution < 1.29 is 35.8 Å². The molecule has 0 saturated carbocycles. The van der Waals surface area contributed by atoms with Crippen LogP contribution in [-0.2, 0) is 0 Å². The van der Waals surface area contributed by atoms with Gasteiger partial charge in [0.15, 0.2) is 0 Å². The van der Waals surface area contributed by atoms with Gasteiger partial charge < -0.3 is 5.11 Å². The van der Waals surface area contributed by atoms with E-state index in [-0.39, 0.29) is 0 Å². The summed E-state index contributed by atoms with van der Waals surface area (Å²) in [6, 6.07) is 5.03. The van der Waals surface area contributed by atoms with E-state index < -0.39 is 29.7 Å². The Morgan fingerprint density at radius 1 is 0.778 bits per heavy atom. The van der Waals surface area contributed by atoms with Gasteiger partial charge in [0, 0.05) is 0 Å². The fourth-order valence-electron chi connectivity index (χ4n) is 1.34. The van der Waals surface area contributed by atoms with Crippen LogP contribution < -0.4 is 0 Å². The Bertz CT molecular complexity index is 381. The van der Waals surface area contributed by atoms with Gasteiger partial charge in [0.1, 0.15) is 6.10 Å². The van der Waals surface area contributed by atoms with Gasteiger partial charge >= 0.3 is 18.0 Å². The maximum Gasteiger partial charge on any atom is 0.434 e. The molecule has 1 unspecified atom stereocenters. The van der Waals surface area contributed by atoms with E-state index >= 15 is 0 Å². The smallest absolute Gasteiger partial charge is 0.384 e. The Hall–Kier alpha value is -1.31. The van der Waals surface area contributed by atoms with Crippen molar-refractivity contribution in [2.45, 2.75) is 24.1 Å². The first-order chi connectivity index (χ1) is 8.02. The number of halogens is 7. The second-order valence-corrected chi connectivity index (χ2v) is 3.52. The van der Waals surface area contributed by atoms with Crippen LogP contribution in [0.3, 0.4) is 0 Å². The van der Waals surface area contributed by atoms with E-state index in [1.807, 2.05) is 0 Å². The topological polar surface area (TPSA) is 20.2 Å². The minimum Gasteiger partial charge on any atom is -0.384 e. The number of hydrogen-bond donors (Lipinski definition) is 1. The minimum absolute atomic E-state index is 0.774. The summed E-state index contributed by atoms with van der Waals surface area (Å²) in [5.74, 6) is 0.